The van der Waals surface area contributed by atoms with Gasteiger partial charge >= 0.3 is 5.97 Å². The largest absolute Gasteiger partial charge is 0.466 e. The Kier molecular flexibility index (Phi) is 7.31. The van der Waals surface area contributed by atoms with Crippen LogP contribution < -0.4 is 0 Å². The summed E-state index contributed by atoms with van der Waals surface area (Å²) in [6.07, 6.45) is 1.64. The number of fused-ring (bicyclic) bond motifs is 1. The van der Waals surface area contributed by atoms with E-state index in [4.69, 9.17) is 4.74 Å². The van der Waals surface area contributed by atoms with Gasteiger partial charge in [0.2, 0.25) is 15.9 Å². The van der Waals surface area contributed by atoms with Crippen molar-refractivity contribution in [3.05, 3.63) is 42.5 Å². The Morgan fingerprint density at radius 2 is 1.73 bits per heavy atom. The van der Waals surface area contributed by atoms with Crippen LogP contribution in [0.25, 0.3) is 10.8 Å². The zero-order chi connectivity index (χ0) is 23.4. The highest BCUT2D eigenvalue weighted by Gasteiger charge is 2.32. The lowest BCUT2D eigenvalue weighted by molar-refractivity contribution is -0.150. The quantitative estimate of drug-likeness (QED) is 0.596. The summed E-state index contributed by atoms with van der Waals surface area (Å²) < 4.78 is 32.9. The SMILES string of the molecule is CCOC(=O)C1CCCN(CC(=O)N2CCN(S(=O)(=O)c3ccc4ccccc4c3)CC2)C1. The van der Waals surface area contributed by atoms with Crippen molar-refractivity contribution in [1.82, 2.24) is 14.1 Å². The second-order valence-electron chi connectivity index (χ2n) is 8.62. The van der Waals surface area contributed by atoms with Crippen molar-refractivity contribution in [2.75, 3.05) is 52.4 Å². The number of hydrogen-bond acceptors (Lipinski definition) is 6. The topological polar surface area (TPSA) is 87.2 Å². The Morgan fingerprint density at radius 3 is 2.45 bits per heavy atom. The number of likely N-dealkylation sites (tertiary alicyclic amines) is 1. The molecule has 0 saturated carbocycles. The molecule has 1 amide bonds. The normalized spacial score (nSPS) is 20.6. The smallest absolute Gasteiger partial charge is 0.310 e. The molecule has 2 heterocycles. The summed E-state index contributed by atoms with van der Waals surface area (Å²) in [6.45, 7) is 4.97. The molecule has 1 unspecified atom stereocenters. The number of piperidine rings is 1. The first-order valence-electron chi connectivity index (χ1n) is 11.5. The lowest BCUT2D eigenvalue weighted by atomic mass is 9.98. The molecular formula is C24H31N3O5S. The van der Waals surface area contributed by atoms with Gasteiger partial charge in [0, 0.05) is 32.7 Å². The van der Waals surface area contributed by atoms with Crippen LogP contribution in [0.2, 0.25) is 0 Å². The highest BCUT2D eigenvalue weighted by atomic mass is 32.2. The van der Waals surface area contributed by atoms with Crippen molar-refractivity contribution in [2.24, 2.45) is 5.92 Å². The lowest BCUT2D eigenvalue weighted by Gasteiger charge is -2.36. The van der Waals surface area contributed by atoms with E-state index in [1.165, 1.54) is 4.31 Å². The van der Waals surface area contributed by atoms with Crippen molar-refractivity contribution in [3.8, 4) is 0 Å². The molecule has 2 aliphatic heterocycles. The molecule has 2 aromatic carbocycles. The maximum atomic E-state index is 13.1. The zero-order valence-electron chi connectivity index (χ0n) is 19.0. The van der Waals surface area contributed by atoms with Gasteiger partial charge in [0.05, 0.1) is 24.0 Å². The van der Waals surface area contributed by atoms with E-state index < -0.39 is 10.0 Å². The number of carbonyl (C=O) groups is 2. The monoisotopic (exact) mass is 473 g/mol. The van der Waals surface area contributed by atoms with Crippen LogP contribution in [0.15, 0.2) is 47.4 Å². The Bertz CT molecular complexity index is 1110. The van der Waals surface area contributed by atoms with Crippen molar-refractivity contribution < 1.29 is 22.7 Å². The van der Waals surface area contributed by atoms with Crippen molar-refractivity contribution in [2.45, 2.75) is 24.7 Å². The Labute approximate surface area is 195 Å². The fourth-order valence-electron chi connectivity index (χ4n) is 4.60. The van der Waals surface area contributed by atoms with E-state index in [1.807, 2.05) is 35.2 Å². The molecule has 0 radical (unpaired) electrons. The van der Waals surface area contributed by atoms with E-state index in [0.29, 0.717) is 26.2 Å². The van der Waals surface area contributed by atoms with Crippen LogP contribution in [0.4, 0.5) is 0 Å². The van der Waals surface area contributed by atoms with Crippen LogP contribution in [0.3, 0.4) is 0 Å². The second kappa shape index (κ2) is 10.2. The second-order valence-corrected chi connectivity index (χ2v) is 10.6. The number of esters is 1. The Morgan fingerprint density at radius 1 is 1.00 bits per heavy atom. The molecule has 0 N–H and O–H groups in total. The third-order valence-corrected chi connectivity index (χ3v) is 8.33. The summed E-state index contributed by atoms with van der Waals surface area (Å²) in [5.74, 6) is -0.403. The van der Waals surface area contributed by atoms with Crippen molar-refractivity contribution >= 4 is 32.7 Å². The number of rotatable bonds is 6. The summed E-state index contributed by atoms with van der Waals surface area (Å²) in [7, 11) is -3.62. The van der Waals surface area contributed by atoms with E-state index in [2.05, 4.69) is 0 Å². The Balaban J connectivity index is 1.33. The highest BCUT2D eigenvalue weighted by Crippen LogP contribution is 2.23. The first-order valence-corrected chi connectivity index (χ1v) is 13.0. The maximum absolute atomic E-state index is 13.1. The first kappa shape index (κ1) is 23.7. The van der Waals surface area contributed by atoms with Crippen LogP contribution in [-0.4, -0.2) is 86.8 Å². The molecule has 2 aliphatic rings. The predicted molar refractivity (Wildman–Crippen MR) is 125 cm³/mol. The minimum Gasteiger partial charge on any atom is -0.466 e. The minimum atomic E-state index is -3.62. The summed E-state index contributed by atoms with van der Waals surface area (Å²) in [6, 6.07) is 12.8. The van der Waals surface area contributed by atoms with Gasteiger partial charge in [-0.3, -0.25) is 14.5 Å². The van der Waals surface area contributed by atoms with Crippen LogP contribution >= 0.6 is 0 Å². The molecule has 0 aromatic heterocycles. The number of ether oxygens (including phenoxy) is 1. The van der Waals surface area contributed by atoms with Gasteiger partial charge in [0.15, 0.2) is 0 Å². The molecule has 178 valence electrons. The number of nitrogens with zero attached hydrogens (tertiary/aromatic N) is 3. The average Bonchev–Trinajstić information content (AvgIpc) is 2.84. The first-order chi connectivity index (χ1) is 15.9. The Hall–Kier alpha value is -2.49. The van der Waals surface area contributed by atoms with Crippen LogP contribution in [-0.2, 0) is 24.3 Å². The molecule has 9 heteroatoms. The van der Waals surface area contributed by atoms with Gasteiger partial charge in [0.25, 0.3) is 0 Å². The number of amides is 1. The third-order valence-electron chi connectivity index (χ3n) is 6.43. The molecule has 8 nitrogen and oxygen atoms in total. The fraction of sp³-hybridized carbons (Fsp3) is 0.500. The lowest BCUT2D eigenvalue weighted by Crippen LogP contribution is -2.53. The molecule has 4 rings (SSSR count). The summed E-state index contributed by atoms with van der Waals surface area (Å²) in [4.78, 5) is 28.9. The number of hydrogen-bond donors (Lipinski definition) is 0. The number of carbonyl (C=O) groups excluding carboxylic acids is 2. The van der Waals surface area contributed by atoms with E-state index >= 15 is 0 Å². The predicted octanol–water partition coefficient (Wildman–Crippen LogP) is 1.95. The third kappa shape index (κ3) is 5.37. The zero-order valence-corrected chi connectivity index (χ0v) is 19.8. The van der Waals surface area contributed by atoms with Gasteiger partial charge in [-0.15, -0.1) is 0 Å². The van der Waals surface area contributed by atoms with Crippen LogP contribution in [0.5, 0.6) is 0 Å². The van der Waals surface area contributed by atoms with Gasteiger partial charge in [-0.25, -0.2) is 8.42 Å². The minimum absolute atomic E-state index is 0.0257. The molecule has 33 heavy (non-hydrogen) atoms. The molecule has 0 bridgehead atoms. The van der Waals surface area contributed by atoms with Gasteiger partial charge in [-0.1, -0.05) is 30.3 Å². The number of sulfonamides is 1. The van der Waals surface area contributed by atoms with Crippen molar-refractivity contribution in [1.29, 1.82) is 0 Å². The molecule has 2 saturated heterocycles. The molecule has 2 aromatic rings. The maximum Gasteiger partial charge on any atom is 0.310 e. The van der Waals surface area contributed by atoms with E-state index in [-0.39, 0.29) is 42.3 Å². The molecule has 2 fully saturated rings. The average molecular weight is 474 g/mol. The summed E-state index contributed by atoms with van der Waals surface area (Å²) in [5.41, 5.74) is 0. The highest BCUT2D eigenvalue weighted by molar-refractivity contribution is 7.89. The number of benzene rings is 2. The van der Waals surface area contributed by atoms with Crippen LogP contribution in [0.1, 0.15) is 19.8 Å². The van der Waals surface area contributed by atoms with E-state index in [1.54, 1.807) is 24.0 Å². The molecular weight excluding hydrogens is 442 g/mol. The van der Waals surface area contributed by atoms with Gasteiger partial charge in [0.1, 0.15) is 0 Å². The fourth-order valence-corrected chi connectivity index (χ4v) is 6.06. The van der Waals surface area contributed by atoms with Crippen LogP contribution in [0, 0.1) is 5.92 Å². The molecule has 0 aliphatic carbocycles. The van der Waals surface area contributed by atoms with Crippen molar-refractivity contribution in [3.63, 3.8) is 0 Å². The summed E-state index contributed by atoms with van der Waals surface area (Å²) in [5, 5.41) is 1.88. The molecule has 1 atom stereocenters. The van der Waals surface area contributed by atoms with Gasteiger partial charge < -0.3 is 9.64 Å². The van der Waals surface area contributed by atoms with Gasteiger partial charge in [-0.05, 0) is 49.2 Å². The van der Waals surface area contributed by atoms with Gasteiger partial charge in [-0.2, -0.15) is 4.31 Å². The number of piperazine rings is 1. The molecule has 0 spiro atoms. The van der Waals surface area contributed by atoms with E-state index in [9.17, 15) is 18.0 Å². The summed E-state index contributed by atoms with van der Waals surface area (Å²) >= 11 is 0. The standard InChI is InChI=1S/C24H31N3O5S/c1-2-32-24(29)21-8-5-11-25(17-21)18-23(28)26-12-14-27(15-13-26)33(30,31)22-10-9-19-6-3-4-7-20(19)16-22/h3-4,6-7,9-10,16,21H,2,5,8,11-15,17-18H2,1H3. The van der Waals surface area contributed by atoms with E-state index in [0.717, 1.165) is 30.2 Å².